The lowest BCUT2D eigenvalue weighted by Crippen LogP contribution is -2.30. The molecule has 5 heteroatoms. The molecular weight excluding hydrogens is 246 g/mol. The molecule has 1 aliphatic rings. The fourth-order valence-corrected chi connectivity index (χ4v) is 2.12. The molecule has 1 aromatic carbocycles. The van der Waals surface area contributed by atoms with Gasteiger partial charge in [-0.1, -0.05) is 18.2 Å². The quantitative estimate of drug-likeness (QED) is 0.871. The van der Waals surface area contributed by atoms with Gasteiger partial charge >= 0.3 is 5.97 Å². The molecule has 0 aliphatic carbocycles. The van der Waals surface area contributed by atoms with Crippen molar-refractivity contribution in [2.75, 3.05) is 19.7 Å². The maximum Gasteiger partial charge on any atom is 0.308 e. The molecule has 1 amide bonds. The van der Waals surface area contributed by atoms with Gasteiger partial charge in [0, 0.05) is 13.1 Å². The lowest BCUT2D eigenvalue weighted by atomic mass is 10.1. The second-order valence-corrected chi connectivity index (χ2v) is 4.58. The van der Waals surface area contributed by atoms with Gasteiger partial charge in [-0.15, -0.1) is 0 Å². The van der Waals surface area contributed by atoms with E-state index >= 15 is 0 Å². The molecule has 0 bridgehead atoms. The van der Waals surface area contributed by atoms with Gasteiger partial charge in [0.25, 0.3) is 0 Å². The number of hydrogen-bond acceptors (Lipinski definition) is 3. The molecule has 0 radical (unpaired) electrons. The van der Waals surface area contributed by atoms with E-state index in [2.05, 4.69) is 0 Å². The van der Waals surface area contributed by atoms with Crippen LogP contribution in [0.5, 0.6) is 5.75 Å². The third-order valence-electron chi connectivity index (χ3n) is 3.22. The summed E-state index contributed by atoms with van der Waals surface area (Å²) in [6.45, 7) is 1.16. The molecule has 0 aromatic heterocycles. The first-order valence-electron chi connectivity index (χ1n) is 6.35. The Balaban J connectivity index is 1.72. The molecule has 19 heavy (non-hydrogen) atoms. The van der Waals surface area contributed by atoms with Crippen molar-refractivity contribution in [1.29, 1.82) is 0 Å². The van der Waals surface area contributed by atoms with E-state index in [1.54, 1.807) is 4.90 Å². The number of para-hydroxylation sites is 1. The zero-order valence-electron chi connectivity index (χ0n) is 10.6. The molecule has 1 saturated heterocycles. The number of nitrogens with zero attached hydrogens (tertiary/aromatic N) is 1. The number of carbonyl (C=O) groups is 2. The van der Waals surface area contributed by atoms with Gasteiger partial charge in [0.1, 0.15) is 5.75 Å². The molecule has 1 heterocycles. The minimum Gasteiger partial charge on any atom is -0.493 e. The first kappa shape index (κ1) is 13.4. The Hall–Kier alpha value is -2.04. The highest BCUT2D eigenvalue weighted by Crippen LogP contribution is 2.17. The van der Waals surface area contributed by atoms with Gasteiger partial charge in [-0.3, -0.25) is 9.59 Å². The summed E-state index contributed by atoms with van der Waals surface area (Å²) >= 11 is 0. The van der Waals surface area contributed by atoms with Crippen LogP contribution in [0.4, 0.5) is 0 Å². The van der Waals surface area contributed by atoms with Crippen LogP contribution in [0.25, 0.3) is 0 Å². The van der Waals surface area contributed by atoms with E-state index in [1.807, 2.05) is 30.3 Å². The summed E-state index contributed by atoms with van der Waals surface area (Å²) in [5, 5.41) is 8.87. The van der Waals surface area contributed by atoms with Crippen LogP contribution < -0.4 is 4.74 Å². The van der Waals surface area contributed by atoms with Crippen molar-refractivity contribution >= 4 is 11.9 Å². The first-order chi connectivity index (χ1) is 9.16. The van der Waals surface area contributed by atoms with Crippen molar-refractivity contribution in [2.45, 2.75) is 12.8 Å². The molecule has 5 nitrogen and oxygen atoms in total. The van der Waals surface area contributed by atoms with E-state index in [0.717, 1.165) is 5.75 Å². The lowest BCUT2D eigenvalue weighted by molar-refractivity contribution is -0.141. The SMILES string of the molecule is O=C(O)C1CCN(C(=O)CCOc2ccccc2)C1. The smallest absolute Gasteiger partial charge is 0.308 e. The van der Waals surface area contributed by atoms with Crippen LogP contribution in [0.15, 0.2) is 30.3 Å². The number of carboxylic acids is 1. The molecule has 1 atom stereocenters. The summed E-state index contributed by atoms with van der Waals surface area (Å²) in [4.78, 5) is 24.3. The van der Waals surface area contributed by atoms with Gasteiger partial charge in [0.15, 0.2) is 0 Å². The van der Waals surface area contributed by atoms with Crippen LogP contribution in [0, 0.1) is 5.92 Å². The highest BCUT2D eigenvalue weighted by atomic mass is 16.5. The van der Waals surface area contributed by atoms with Crippen LogP contribution in [0.1, 0.15) is 12.8 Å². The van der Waals surface area contributed by atoms with Crippen molar-refractivity contribution in [3.8, 4) is 5.75 Å². The van der Waals surface area contributed by atoms with Crippen LogP contribution in [-0.4, -0.2) is 41.6 Å². The van der Waals surface area contributed by atoms with Gasteiger partial charge in [0.2, 0.25) is 5.91 Å². The molecule has 0 spiro atoms. The number of carbonyl (C=O) groups excluding carboxylic acids is 1. The first-order valence-corrected chi connectivity index (χ1v) is 6.35. The number of likely N-dealkylation sites (tertiary alicyclic amines) is 1. The van der Waals surface area contributed by atoms with E-state index in [4.69, 9.17) is 9.84 Å². The summed E-state index contributed by atoms with van der Waals surface area (Å²) in [5.41, 5.74) is 0. The summed E-state index contributed by atoms with van der Waals surface area (Å²) in [7, 11) is 0. The zero-order valence-corrected chi connectivity index (χ0v) is 10.6. The van der Waals surface area contributed by atoms with Crippen LogP contribution in [0.3, 0.4) is 0 Å². The lowest BCUT2D eigenvalue weighted by Gasteiger charge is -2.15. The normalized spacial score (nSPS) is 18.3. The van der Waals surface area contributed by atoms with Crippen molar-refractivity contribution in [1.82, 2.24) is 4.90 Å². The highest BCUT2D eigenvalue weighted by molar-refractivity contribution is 5.78. The number of hydrogen-bond donors (Lipinski definition) is 1. The molecule has 1 fully saturated rings. The predicted octanol–water partition coefficient (Wildman–Crippen LogP) is 1.39. The molecule has 1 N–H and O–H groups in total. The average Bonchev–Trinajstić information content (AvgIpc) is 2.89. The summed E-state index contributed by atoms with van der Waals surface area (Å²) < 4.78 is 5.45. The predicted molar refractivity (Wildman–Crippen MR) is 68.9 cm³/mol. The number of benzene rings is 1. The fourth-order valence-electron chi connectivity index (χ4n) is 2.12. The Bertz CT molecular complexity index is 446. The van der Waals surface area contributed by atoms with Crippen molar-refractivity contribution in [3.05, 3.63) is 30.3 Å². The Morgan fingerprint density at radius 3 is 2.68 bits per heavy atom. The minimum absolute atomic E-state index is 0.0420. The van der Waals surface area contributed by atoms with Gasteiger partial charge in [-0.2, -0.15) is 0 Å². The third-order valence-corrected chi connectivity index (χ3v) is 3.22. The topological polar surface area (TPSA) is 66.8 Å². The fraction of sp³-hybridized carbons (Fsp3) is 0.429. The van der Waals surface area contributed by atoms with Gasteiger partial charge in [-0.05, 0) is 18.6 Å². The molecule has 1 aliphatic heterocycles. The standard InChI is InChI=1S/C14H17NO4/c16-13(15-8-6-11(10-15)14(17)18)7-9-19-12-4-2-1-3-5-12/h1-5,11H,6-10H2,(H,17,18). The molecule has 2 rings (SSSR count). The Labute approximate surface area is 111 Å². The van der Waals surface area contributed by atoms with E-state index in [0.29, 0.717) is 26.1 Å². The number of ether oxygens (including phenoxy) is 1. The molecule has 102 valence electrons. The Kier molecular flexibility index (Phi) is 4.39. The number of amides is 1. The number of carboxylic acid groups (broad SMARTS) is 1. The highest BCUT2D eigenvalue weighted by Gasteiger charge is 2.30. The second-order valence-electron chi connectivity index (χ2n) is 4.58. The molecule has 1 aromatic rings. The van der Waals surface area contributed by atoms with E-state index < -0.39 is 11.9 Å². The second kappa shape index (κ2) is 6.22. The van der Waals surface area contributed by atoms with Gasteiger partial charge in [0.05, 0.1) is 18.9 Å². The van der Waals surface area contributed by atoms with E-state index in [1.165, 1.54) is 0 Å². The number of rotatable bonds is 5. The van der Waals surface area contributed by atoms with Gasteiger partial charge in [-0.25, -0.2) is 0 Å². The average molecular weight is 263 g/mol. The maximum atomic E-state index is 11.9. The maximum absolute atomic E-state index is 11.9. The molecule has 1 unspecified atom stereocenters. The van der Waals surface area contributed by atoms with Crippen LogP contribution in [0.2, 0.25) is 0 Å². The van der Waals surface area contributed by atoms with Gasteiger partial charge < -0.3 is 14.7 Å². The molecule has 0 saturated carbocycles. The van der Waals surface area contributed by atoms with Crippen molar-refractivity contribution in [2.24, 2.45) is 5.92 Å². The summed E-state index contributed by atoms with van der Waals surface area (Å²) in [5.74, 6) is -0.547. The Morgan fingerprint density at radius 2 is 2.05 bits per heavy atom. The molecular formula is C14H17NO4. The van der Waals surface area contributed by atoms with Crippen LogP contribution >= 0.6 is 0 Å². The zero-order chi connectivity index (χ0) is 13.7. The van der Waals surface area contributed by atoms with Crippen molar-refractivity contribution in [3.63, 3.8) is 0 Å². The summed E-state index contributed by atoms with van der Waals surface area (Å²) in [6, 6.07) is 9.31. The van der Waals surface area contributed by atoms with E-state index in [9.17, 15) is 9.59 Å². The minimum atomic E-state index is -0.823. The number of aliphatic carboxylic acids is 1. The van der Waals surface area contributed by atoms with Crippen molar-refractivity contribution < 1.29 is 19.4 Å². The van der Waals surface area contributed by atoms with E-state index in [-0.39, 0.29) is 12.3 Å². The largest absolute Gasteiger partial charge is 0.493 e. The summed E-state index contributed by atoms with van der Waals surface area (Å²) in [6.07, 6.45) is 0.821. The van der Waals surface area contributed by atoms with Crippen LogP contribution in [-0.2, 0) is 9.59 Å². The monoisotopic (exact) mass is 263 g/mol. The third kappa shape index (κ3) is 3.71. The Morgan fingerprint density at radius 1 is 1.32 bits per heavy atom.